The highest BCUT2D eigenvalue weighted by Gasteiger charge is 2.07. The van der Waals surface area contributed by atoms with E-state index < -0.39 is 0 Å². The summed E-state index contributed by atoms with van der Waals surface area (Å²) in [4.78, 5) is 14.5. The van der Waals surface area contributed by atoms with E-state index in [1.165, 1.54) is 4.88 Å². The van der Waals surface area contributed by atoms with Crippen LogP contribution in [-0.2, 0) is 11.2 Å². The third-order valence-corrected chi connectivity index (χ3v) is 3.18. The third-order valence-electron chi connectivity index (χ3n) is 2.25. The van der Waals surface area contributed by atoms with Gasteiger partial charge in [-0.1, -0.05) is 6.07 Å². The van der Waals surface area contributed by atoms with Crippen molar-refractivity contribution in [1.82, 2.24) is 4.90 Å². The minimum Gasteiger partial charge on any atom is -0.396 e. The molecule has 3 nitrogen and oxygen atoms in total. The molecule has 1 aromatic heterocycles. The summed E-state index contributed by atoms with van der Waals surface area (Å²) in [5, 5.41) is 10.7. The monoisotopic (exact) mass is 227 g/mol. The number of hydrogen-bond donors (Lipinski definition) is 1. The molecule has 0 aromatic carbocycles. The minimum atomic E-state index is 0.0878. The maximum absolute atomic E-state index is 11.5. The van der Waals surface area contributed by atoms with Crippen molar-refractivity contribution in [2.45, 2.75) is 19.3 Å². The van der Waals surface area contributed by atoms with E-state index in [-0.39, 0.29) is 12.5 Å². The SMILES string of the molecule is CN(CCc1cccs1)C(=O)CCCO. The Morgan fingerprint density at radius 2 is 2.40 bits per heavy atom. The average molecular weight is 227 g/mol. The molecule has 0 saturated heterocycles. The molecule has 0 atom stereocenters. The van der Waals surface area contributed by atoms with Gasteiger partial charge in [0.1, 0.15) is 0 Å². The van der Waals surface area contributed by atoms with Gasteiger partial charge in [-0.3, -0.25) is 4.79 Å². The molecule has 0 spiro atoms. The maximum atomic E-state index is 11.5. The molecule has 0 bridgehead atoms. The van der Waals surface area contributed by atoms with Crippen LogP contribution in [0.1, 0.15) is 17.7 Å². The van der Waals surface area contributed by atoms with Crippen LogP contribution >= 0.6 is 11.3 Å². The van der Waals surface area contributed by atoms with E-state index in [1.807, 2.05) is 18.5 Å². The third kappa shape index (κ3) is 4.44. The van der Waals surface area contributed by atoms with Gasteiger partial charge in [-0.15, -0.1) is 11.3 Å². The summed E-state index contributed by atoms with van der Waals surface area (Å²) >= 11 is 1.72. The molecule has 1 aromatic rings. The van der Waals surface area contributed by atoms with E-state index in [0.717, 1.165) is 13.0 Å². The lowest BCUT2D eigenvalue weighted by molar-refractivity contribution is -0.130. The second-order valence-electron chi connectivity index (χ2n) is 3.47. The number of carbonyl (C=O) groups excluding carboxylic acids is 1. The molecule has 0 saturated carbocycles. The highest BCUT2D eigenvalue weighted by atomic mass is 32.1. The molecule has 1 heterocycles. The summed E-state index contributed by atoms with van der Waals surface area (Å²) < 4.78 is 0. The molecule has 0 aliphatic rings. The Morgan fingerprint density at radius 3 is 3.00 bits per heavy atom. The van der Waals surface area contributed by atoms with Crippen molar-refractivity contribution in [1.29, 1.82) is 0 Å². The van der Waals surface area contributed by atoms with Gasteiger partial charge >= 0.3 is 0 Å². The molecular formula is C11H17NO2S. The zero-order chi connectivity index (χ0) is 11.1. The zero-order valence-corrected chi connectivity index (χ0v) is 9.80. The van der Waals surface area contributed by atoms with Crippen molar-refractivity contribution in [3.63, 3.8) is 0 Å². The zero-order valence-electron chi connectivity index (χ0n) is 8.98. The number of aliphatic hydroxyl groups excluding tert-OH is 1. The second kappa shape index (κ2) is 6.58. The van der Waals surface area contributed by atoms with E-state index in [1.54, 1.807) is 16.2 Å². The molecule has 84 valence electrons. The molecule has 1 amide bonds. The summed E-state index contributed by atoms with van der Waals surface area (Å²) in [5.41, 5.74) is 0. The van der Waals surface area contributed by atoms with Gasteiger partial charge in [0.15, 0.2) is 0 Å². The van der Waals surface area contributed by atoms with Crippen molar-refractivity contribution in [2.75, 3.05) is 20.2 Å². The number of likely N-dealkylation sites (N-methyl/N-ethyl adjacent to an activating group) is 1. The summed E-state index contributed by atoms with van der Waals surface area (Å²) in [7, 11) is 1.81. The Labute approximate surface area is 94.3 Å². The van der Waals surface area contributed by atoms with E-state index in [4.69, 9.17) is 5.11 Å². The quantitative estimate of drug-likeness (QED) is 0.800. The first kappa shape index (κ1) is 12.2. The summed E-state index contributed by atoms with van der Waals surface area (Å²) in [5.74, 6) is 0.112. The van der Waals surface area contributed by atoms with Gasteiger partial charge < -0.3 is 10.0 Å². The van der Waals surface area contributed by atoms with Crippen molar-refractivity contribution in [3.05, 3.63) is 22.4 Å². The van der Waals surface area contributed by atoms with Crippen LogP contribution in [0.3, 0.4) is 0 Å². The van der Waals surface area contributed by atoms with Crippen LogP contribution in [0.2, 0.25) is 0 Å². The Morgan fingerprint density at radius 1 is 1.60 bits per heavy atom. The number of thiophene rings is 1. The van der Waals surface area contributed by atoms with Crippen LogP contribution in [0, 0.1) is 0 Å². The van der Waals surface area contributed by atoms with Gasteiger partial charge in [0.25, 0.3) is 0 Å². The highest BCUT2D eigenvalue weighted by Crippen LogP contribution is 2.09. The average Bonchev–Trinajstić information content (AvgIpc) is 2.75. The van der Waals surface area contributed by atoms with Crippen molar-refractivity contribution >= 4 is 17.2 Å². The maximum Gasteiger partial charge on any atom is 0.222 e. The lowest BCUT2D eigenvalue weighted by atomic mass is 10.2. The molecule has 1 N–H and O–H groups in total. The largest absolute Gasteiger partial charge is 0.396 e. The Hall–Kier alpha value is -0.870. The first-order chi connectivity index (χ1) is 7.24. The fourth-order valence-corrected chi connectivity index (χ4v) is 1.98. The lowest BCUT2D eigenvalue weighted by Crippen LogP contribution is -2.28. The number of rotatable bonds is 6. The van der Waals surface area contributed by atoms with E-state index >= 15 is 0 Å². The number of hydrogen-bond acceptors (Lipinski definition) is 3. The van der Waals surface area contributed by atoms with Crippen LogP contribution in [0.5, 0.6) is 0 Å². The fourth-order valence-electron chi connectivity index (χ4n) is 1.28. The lowest BCUT2D eigenvalue weighted by Gasteiger charge is -2.16. The van der Waals surface area contributed by atoms with Gasteiger partial charge in [0.2, 0.25) is 5.91 Å². The molecule has 1 rings (SSSR count). The molecule has 0 radical (unpaired) electrons. The normalized spacial score (nSPS) is 10.3. The van der Waals surface area contributed by atoms with Crippen LogP contribution in [0.15, 0.2) is 17.5 Å². The summed E-state index contributed by atoms with van der Waals surface area (Å²) in [6.45, 7) is 0.843. The highest BCUT2D eigenvalue weighted by molar-refractivity contribution is 7.09. The van der Waals surface area contributed by atoms with E-state index in [0.29, 0.717) is 12.8 Å². The first-order valence-electron chi connectivity index (χ1n) is 5.11. The number of amides is 1. The van der Waals surface area contributed by atoms with Crippen molar-refractivity contribution in [3.8, 4) is 0 Å². The number of aliphatic hydroxyl groups is 1. The van der Waals surface area contributed by atoms with Crippen molar-refractivity contribution in [2.24, 2.45) is 0 Å². The van der Waals surface area contributed by atoms with Crippen molar-refractivity contribution < 1.29 is 9.90 Å². The standard InChI is InChI=1S/C11H17NO2S/c1-12(11(14)5-2-8-13)7-6-10-4-3-9-15-10/h3-4,9,13H,2,5-8H2,1H3. The molecule has 15 heavy (non-hydrogen) atoms. The Kier molecular flexibility index (Phi) is 5.36. The molecule has 0 aliphatic heterocycles. The predicted octanol–water partition coefficient (Wildman–Crippen LogP) is 1.52. The van der Waals surface area contributed by atoms with Gasteiger partial charge in [-0.05, 0) is 24.3 Å². The summed E-state index contributed by atoms with van der Waals surface area (Å²) in [6, 6.07) is 4.10. The van der Waals surface area contributed by atoms with E-state index in [2.05, 4.69) is 6.07 Å². The second-order valence-corrected chi connectivity index (χ2v) is 4.50. The minimum absolute atomic E-state index is 0.0878. The molecular weight excluding hydrogens is 210 g/mol. The summed E-state index contributed by atoms with van der Waals surface area (Å²) in [6.07, 6.45) is 1.92. The Balaban J connectivity index is 2.23. The van der Waals surface area contributed by atoms with Gasteiger partial charge in [0, 0.05) is 31.5 Å². The van der Waals surface area contributed by atoms with Gasteiger partial charge in [-0.25, -0.2) is 0 Å². The molecule has 0 aliphatic carbocycles. The van der Waals surface area contributed by atoms with Crippen LogP contribution in [-0.4, -0.2) is 36.1 Å². The number of nitrogens with zero attached hydrogens (tertiary/aromatic N) is 1. The molecule has 0 fully saturated rings. The molecule has 4 heteroatoms. The van der Waals surface area contributed by atoms with E-state index in [9.17, 15) is 4.79 Å². The van der Waals surface area contributed by atoms with Gasteiger partial charge in [0.05, 0.1) is 0 Å². The Bertz CT molecular complexity index is 285. The van der Waals surface area contributed by atoms with Gasteiger partial charge in [-0.2, -0.15) is 0 Å². The van der Waals surface area contributed by atoms with Crippen LogP contribution < -0.4 is 0 Å². The first-order valence-corrected chi connectivity index (χ1v) is 5.99. The smallest absolute Gasteiger partial charge is 0.222 e. The predicted molar refractivity (Wildman–Crippen MR) is 62.0 cm³/mol. The van der Waals surface area contributed by atoms with Crippen LogP contribution in [0.25, 0.3) is 0 Å². The fraction of sp³-hybridized carbons (Fsp3) is 0.545. The molecule has 0 unspecified atom stereocenters. The number of carbonyl (C=O) groups is 1. The van der Waals surface area contributed by atoms with Crippen LogP contribution in [0.4, 0.5) is 0 Å². The topological polar surface area (TPSA) is 40.5 Å².